The summed E-state index contributed by atoms with van der Waals surface area (Å²) in [5, 5.41) is 13.9. The summed E-state index contributed by atoms with van der Waals surface area (Å²) >= 11 is 0. The van der Waals surface area contributed by atoms with Gasteiger partial charge in [0.05, 0.1) is 4.90 Å². The van der Waals surface area contributed by atoms with Crippen LogP contribution in [0.5, 0.6) is 0 Å². The molecule has 0 saturated heterocycles. The summed E-state index contributed by atoms with van der Waals surface area (Å²) in [7, 11) is -4.09. The summed E-state index contributed by atoms with van der Waals surface area (Å²) < 4.78 is 40.1. The van der Waals surface area contributed by atoms with Crippen LogP contribution in [0.15, 0.2) is 51.8 Å². The average molecular weight is 555 g/mol. The van der Waals surface area contributed by atoms with E-state index in [0.717, 1.165) is 24.6 Å². The molecule has 4 fully saturated rings. The maximum Gasteiger partial charge on any atom is 0.407 e. The van der Waals surface area contributed by atoms with E-state index in [0.29, 0.717) is 53.7 Å². The second-order valence-corrected chi connectivity index (χ2v) is 13.4. The van der Waals surface area contributed by atoms with Crippen molar-refractivity contribution in [2.45, 2.75) is 74.3 Å². The molecule has 0 radical (unpaired) electrons. The molecule has 2 aromatic carbocycles. The van der Waals surface area contributed by atoms with E-state index in [1.165, 1.54) is 31.4 Å². The van der Waals surface area contributed by atoms with Crippen molar-refractivity contribution in [3.63, 3.8) is 0 Å². The third kappa shape index (κ3) is 5.36. The number of para-hydroxylation sites is 1. The fourth-order valence-electron chi connectivity index (χ4n) is 7.41. The third-order valence-corrected chi connectivity index (χ3v) is 10.2. The van der Waals surface area contributed by atoms with Gasteiger partial charge in [-0.25, -0.2) is 13.2 Å². The van der Waals surface area contributed by atoms with Crippen LogP contribution in [0.2, 0.25) is 0 Å². The Morgan fingerprint density at radius 3 is 2.33 bits per heavy atom. The molecule has 3 N–H and O–H groups in total. The molecule has 0 aliphatic heterocycles. The lowest BCUT2D eigenvalue weighted by atomic mass is 9.54. The zero-order valence-electron chi connectivity index (χ0n) is 21.7. The van der Waals surface area contributed by atoms with Gasteiger partial charge < -0.3 is 19.6 Å². The van der Waals surface area contributed by atoms with Gasteiger partial charge in [0, 0.05) is 17.3 Å². The van der Waals surface area contributed by atoms with Gasteiger partial charge in [0.2, 0.25) is 10.0 Å². The lowest BCUT2D eigenvalue weighted by molar-refractivity contribution is -0.139. The van der Waals surface area contributed by atoms with Crippen LogP contribution in [-0.2, 0) is 19.6 Å². The quantitative estimate of drug-likeness (QED) is 0.294. The molecule has 39 heavy (non-hydrogen) atoms. The lowest BCUT2D eigenvalue weighted by Crippen LogP contribution is -2.53. The van der Waals surface area contributed by atoms with Gasteiger partial charge in [0.15, 0.2) is 0 Å². The fourth-order valence-corrected chi connectivity index (χ4v) is 8.66. The first-order valence-electron chi connectivity index (χ1n) is 13.8. The number of fused-ring (bicyclic) bond motifs is 3. The summed E-state index contributed by atoms with van der Waals surface area (Å²) in [6.45, 7) is 0.342. The number of ether oxygens (including phenoxy) is 1. The van der Waals surface area contributed by atoms with Crippen LogP contribution in [0.25, 0.3) is 21.9 Å². The maximum absolute atomic E-state index is 13.1. The number of sulfonamides is 1. The molecular formula is C29H34N2O7S. The van der Waals surface area contributed by atoms with Crippen molar-refractivity contribution in [1.82, 2.24) is 10.0 Å². The van der Waals surface area contributed by atoms with Gasteiger partial charge in [-0.15, -0.1) is 0 Å². The van der Waals surface area contributed by atoms with Crippen molar-refractivity contribution in [2.24, 2.45) is 17.8 Å². The number of hydrogen-bond acceptors (Lipinski definition) is 6. The molecule has 1 aromatic heterocycles. The van der Waals surface area contributed by atoms with Gasteiger partial charge in [-0.3, -0.25) is 4.79 Å². The van der Waals surface area contributed by atoms with Crippen LogP contribution < -0.4 is 10.0 Å². The van der Waals surface area contributed by atoms with Gasteiger partial charge in [-0.1, -0.05) is 18.2 Å². The first-order valence-corrected chi connectivity index (χ1v) is 15.3. The van der Waals surface area contributed by atoms with E-state index in [4.69, 9.17) is 9.15 Å². The predicted octanol–water partition coefficient (Wildman–Crippen LogP) is 5.18. The van der Waals surface area contributed by atoms with Crippen molar-refractivity contribution >= 4 is 44.0 Å². The van der Waals surface area contributed by atoms with Crippen molar-refractivity contribution in [1.29, 1.82) is 0 Å². The van der Waals surface area contributed by atoms with Gasteiger partial charge >= 0.3 is 12.1 Å². The number of carboxylic acids is 1. The van der Waals surface area contributed by atoms with Gasteiger partial charge in [0.1, 0.15) is 22.8 Å². The van der Waals surface area contributed by atoms with Crippen LogP contribution in [0.3, 0.4) is 0 Å². The number of carbonyl (C=O) groups excluding carboxylic acids is 1. The third-order valence-electron chi connectivity index (χ3n) is 8.73. The Balaban J connectivity index is 1.01. The van der Waals surface area contributed by atoms with Crippen molar-refractivity contribution in [3.8, 4) is 0 Å². The molecule has 7 rings (SSSR count). The molecule has 4 aliphatic rings. The van der Waals surface area contributed by atoms with Crippen LogP contribution >= 0.6 is 0 Å². The monoisotopic (exact) mass is 554 g/mol. The largest absolute Gasteiger partial charge is 0.480 e. The lowest BCUT2D eigenvalue weighted by Gasteiger charge is -2.55. The van der Waals surface area contributed by atoms with E-state index in [1.54, 1.807) is 12.1 Å². The smallest absolute Gasteiger partial charge is 0.407 e. The molecule has 4 aliphatic carbocycles. The second-order valence-electron chi connectivity index (χ2n) is 11.7. The van der Waals surface area contributed by atoms with Crippen molar-refractivity contribution < 1.29 is 32.3 Å². The Morgan fingerprint density at radius 2 is 1.64 bits per heavy atom. The molecule has 1 heterocycles. The van der Waals surface area contributed by atoms with E-state index in [-0.39, 0.29) is 16.9 Å². The normalized spacial score (nSPS) is 26.6. The first-order chi connectivity index (χ1) is 18.7. The predicted molar refractivity (Wildman–Crippen MR) is 145 cm³/mol. The maximum atomic E-state index is 13.1. The number of furan rings is 1. The fraction of sp³-hybridized carbons (Fsp3) is 0.517. The van der Waals surface area contributed by atoms with Crippen molar-refractivity contribution in [3.05, 3.63) is 42.5 Å². The standard InChI is InChI=1S/C29H34N2O7S/c32-27(33)24(31-39(35,36)21-8-9-26-23(14-21)22-5-1-2-7-25(22)37-26)6-3-4-10-30-28(34)38-29-15-18-11-19(16-29)13-20(12-18)17-29/h1-2,5,7-9,14,18-20,24,31H,3-4,6,10-13,15-17H2,(H,30,34)(H,32,33). The molecule has 1 atom stereocenters. The highest BCUT2D eigenvalue weighted by Crippen LogP contribution is 2.57. The molecule has 9 nitrogen and oxygen atoms in total. The minimum Gasteiger partial charge on any atom is -0.480 e. The summed E-state index contributed by atoms with van der Waals surface area (Å²) in [5.41, 5.74) is 0.894. The van der Waals surface area contributed by atoms with Gasteiger partial charge in [0.25, 0.3) is 0 Å². The topological polar surface area (TPSA) is 135 Å². The number of amides is 1. The van der Waals surface area contributed by atoms with E-state index in [9.17, 15) is 23.1 Å². The second kappa shape index (κ2) is 10.1. The first kappa shape index (κ1) is 26.1. The number of aliphatic carboxylic acids is 1. The molecule has 208 valence electrons. The minimum atomic E-state index is -4.09. The van der Waals surface area contributed by atoms with Gasteiger partial charge in [-0.05, 0) is 99.8 Å². The van der Waals surface area contributed by atoms with Crippen LogP contribution in [0.4, 0.5) is 4.79 Å². The number of hydrogen-bond donors (Lipinski definition) is 3. The number of rotatable bonds is 10. The SMILES string of the molecule is O=C(NCCCCC(NS(=O)(=O)c1ccc2oc3ccccc3c2c1)C(=O)O)OC12CC3CC(CC(C3)C1)C2. The Kier molecular flexibility index (Phi) is 6.79. The zero-order valence-corrected chi connectivity index (χ0v) is 22.5. The Bertz CT molecular complexity index is 1480. The molecule has 4 saturated carbocycles. The van der Waals surface area contributed by atoms with E-state index in [2.05, 4.69) is 10.0 Å². The Hall–Kier alpha value is -3.11. The number of carbonyl (C=O) groups is 2. The highest BCUT2D eigenvalue weighted by molar-refractivity contribution is 7.89. The molecule has 4 bridgehead atoms. The van der Waals surface area contributed by atoms with Crippen LogP contribution in [-0.4, -0.2) is 43.8 Å². The van der Waals surface area contributed by atoms with E-state index < -0.39 is 28.1 Å². The zero-order chi connectivity index (χ0) is 27.2. The molecule has 0 spiro atoms. The highest BCUT2D eigenvalue weighted by Gasteiger charge is 2.53. The van der Waals surface area contributed by atoms with Crippen LogP contribution in [0.1, 0.15) is 57.8 Å². The van der Waals surface area contributed by atoms with E-state index in [1.807, 2.05) is 18.2 Å². The van der Waals surface area contributed by atoms with Crippen LogP contribution in [0, 0.1) is 17.8 Å². The Morgan fingerprint density at radius 1 is 0.974 bits per heavy atom. The number of carboxylic acid groups (broad SMARTS) is 1. The molecule has 1 unspecified atom stereocenters. The number of unbranched alkanes of at least 4 members (excludes halogenated alkanes) is 1. The number of nitrogens with one attached hydrogen (secondary N) is 2. The highest BCUT2D eigenvalue weighted by atomic mass is 32.2. The summed E-state index contributed by atoms with van der Waals surface area (Å²) in [5.74, 6) is 0.799. The number of benzene rings is 2. The summed E-state index contributed by atoms with van der Waals surface area (Å²) in [4.78, 5) is 24.3. The molecular weight excluding hydrogens is 520 g/mol. The van der Waals surface area contributed by atoms with Gasteiger partial charge in [-0.2, -0.15) is 4.72 Å². The van der Waals surface area contributed by atoms with E-state index >= 15 is 0 Å². The molecule has 3 aromatic rings. The van der Waals surface area contributed by atoms with Crippen molar-refractivity contribution in [2.75, 3.05) is 6.54 Å². The molecule has 1 amide bonds. The summed E-state index contributed by atoms with van der Waals surface area (Å²) in [6.07, 6.45) is 7.33. The number of alkyl carbamates (subject to hydrolysis) is 1. The molecule has 10 heteroatoms. The minimum absolute atomic E-state index is 0.0260. The Labute approximate surface area is 227 Å². The summed E-state index contributed by atoms with van der Waals surface area (Å²) in [6, 6.07) is 10.5. The average Bonchev–Trinajstić information content (AvgIpc) is 3.24.